The van der Waals surface area contributed by atoms with Crippen LogP contribution in [0.15, 0.2) is 4.47 Å². The summed E-state index contributed by atoms with van der Waals surface area (Å²) in [7, 11) is 0. The van der Waals surface area contributed by atoms with Crippen molar-refractivity contribution < 1.29 is 4.39 Å². The summed E-state index contributed by atoms with van der Waals surface area (Å²) >= 11 is 14.9. The molecule has 0 aliphatic heterocycles. The molecule has 0 unspecified atom stereocenters. The minimum Gasteiger partial charge on any atom is -0.277 e. The molecule has 1 N–H and O–H groups in total. The van der Waals surface area contributed by atoms with Gasteiger partial charge >= 0.3 is 0 Å². The molecule has 92 valence electrons. The summed E-state index contributed by atoms with van der Waals surface area (Å²) in [5, 5.41) is 7.82. The van der Waals surface area contributed by atoms with Crippen molar-refractivity contribution in [2.24, 2.45) is 0 Å². The summed E-state index contributed by atoms with van der Waals surface area (Å²) in [5.41, 5.74) is 1.30. The first-order chi connectivity index (χ1) is 8.50. The van der Waals surface area contributed by atoms with Gasteiger partial charge in [0, 0.05) is 5.39 Å². The Morgan fingerprint density at radius 1 is 1.22 bits per heavy atom. The lowest BCUT2D eigenvalue weighted by Crippen LogP contribution is -1.93. The normalized spacial score (nSPS) is 11.6. The van der Waals surface area contributed by atoms with E-state index in [4.69, 9.17) is 23.2 Å². The summed E-state index contributed by atoms with van der Waals surface area (Å²) in [5.74, 6) is -0.534. The Hall–Kier alpha value is -0.980. The molecule has 0 aliphatic rings. The zero-order chi connectivity index (χ0) is 13.0. The highest BCUT2D eigenvalue weighted by atomic mass is 79.9. The summed E-state index contributed by atoms with van der Waals surface area (Å²) < 4.78 is 14.5. The number of hydrogen-bond acceptors (Lipinski definition) is 3. The number of hydrogen-bond donors (Lipinski definition) is 1. The lowest BCUT2D eigenvalue weighted by atomic mass is 10.1. The lowest BCUT2D eigenvalue weighted by molar-refractivity contribution is 0.632. The molecule has 8 heteroatoms. The third kappa shape index (κ3) is 1.52. The third-order valence-corrected chi connectivity index (χ3v) is 3.84. The molecule has 2 aromatic heterocycles. The second-order valence-corrected chi connectivity index (χ2v) is 5.18. The molecule has 0 fully saturated rings. The van der Waals surface area contributed by atoms with Gasteiger partial charge in [0.05, 0.1) is 21.1 Å². The van der Waals surface area contributed by atoms with Crippen molar-refractivity contribution in [2.75, 3.05) is 0 Å². The van der Waals surface area contributed by atoms with Gasteiger partial charge in [0.15, 0.2) is 5.82 Å². The van der Waals surface area contributed by atoms with Crippen molar-refractivity contribution in [1.29, 1.82) is 0 Å². The Morgan fingerprint density at radius 2 is 1.94 bits per heavy atom. The predicted molar refractivity (Wildman–Crippen MR) is 71.6 cm³/mol. The molecule has 3 rings (SSSR count). The third-order valence-electron chi connectivity index (χ3n) is 2.65. The SMILES string of the molecule is Cc1n[nH]c2c1c(Br)c(F)c1nc(Cl)nc(Cl)c12. The molecular formula is C10H4BrCl2FN4. The molecule has 0 radical (unpaired) electrons. The van der Waals surface area contributed by atoms with Crippen molar-refractivity contribution in [3.8, 4) is 0 Å². The molecule has 4 nitrogen and oxygen atoms in total. The Kier molecular flexibility index (Phi) is 2.69. The fourth-order valence-electron chi connectivity index (χ4n) is 1.88. The van der Waals surface area contributed by atoms with Gasteiger partial charge in [0.2, 0.25) is 5.28 Å². The summed E-state index contributed by atoms with van der Waals surface area (Å²) in [4.78, 5) is 7.70. The van der Waals surface area contributed by atoms with E-state index in [0.29, 0.717) is 22.0 Å². The largest absolute Gasteiger partial charge is 0.277 e. The number of halogens is 4. The van der Waals surface area contributed by atoms with Crippen LogP contribution in [0.1, 0.15) is 5.69 Å². The van der Waals surface area contributed by atoms with Crippen LogP contribution >= 0.6 is 39.1 Å². The molecule has 1 aromatic carbocycles. The van der Waals surface area contributed by atoms with Crippen molar-refractivity contribution in [3.05, 3.63) is 26.4 Å². The summed E-state index contributed by atoms with van der Waals surface area (Å²) in [6.07, 6.45) is 0. The fourth-order valence-corrected chi connectivity index (χ4v) is 3.03. The topological polar surface area (TPSA) is 54.5 Å². The quantitative estimate of drug-likeness (QED) is 0.492. The monoisotopic (exact) mass is 348 g/mol. The van der Waals surface area contributed by atoms with Crippen LogP contribution in [0.25, 0.3) is 21.8 Å². The number of aromatic amines is 1. The van der Waals surface area contributed by atoms with E-state index in [1.165, 1.54) is 0 Å². The maximum atomic E-state index is 14.2. The lowest BCUT2D eigenvalue weighted by Gasteiger charge is -2.05. The van der Waals surface area contributed by atoms with E-state index >= 15 is 0 Å². The highest BCUT2D eigenvalue weighted by Gasteiger charge is 2.20. The highest BCUT2D eigenvalue weighted by Crippen LogP contribution is 2.37. The zero-order valence-corrected chi connectivity index (χ0v) is 12.0. The number of aryl methyl sites for hydroxylation is 1. The molecule has 0 amide bonds. The fraction of sp³-hybridized carbons (Fsp3) is 0.100. The number of fused-ring (bicyclic) bond motifs is 3. The van der Waals surface area contributed by atoms with Crippen LogP contribution in [-0.2, 0) is 0 Å². The van der Waals surface area contributed by atoms with Crippen molar-refractivity contribution in [1.82, 2.24) is 20.2 Å². The van der Waals surface area contributed by atoms with Gasteiger partial charge in [-0.25, -0.2) is 14.4 Å². The van der Waals surface area contributed by atoms with Gasteiger partial charge < -0.3 is 0 Å². The van der Waals surface area contributed by atoms with Gasteiger partial charge in [-0.3, -0.25) is 5.10 Å². The number of rotatable bonds is 0. The molecular weight excluding hydrogens is 346 g/mol. The molecule has 3 aromatic rings. The zero-order valence-electron chi connectivity index (χ0n) is 8.85. The first kappa shape index (κ1) is 12.1. The molecule has 0 saturated heterocycles. The predicted octanol–water partition coefficient (Wildman–Crippen LogP) is 4.02. The van der Waals surface area contributed by atoms with E-state index < -0.39 is 5.82 Å². The van der Waals surface area contributed by atoms with Gasteiger partial charge in [-0.15, -0.1) is 0 Å². The first-order valence-electron chi connectivity index (χ1n) is 4.85. The second kappa shape index (κ2) is 4.01. The Bertz CT molecular complexity index is 802. The maximum Gasteiger partial charge on any atom is 0.224 e. The van der Waals surface area contributed by atoms with Gasteiger partial charge in [-0.05, 0) is 34.5 Å². The van der Waals surface area contributed by atoms with Crippen LogP contribution in [0.2, 0.25) is 10.4 Å². The second-order valence-electron chi connectivity index (χ2n) is 3.69. The number of nitrogens with one attached hydrogen (secondary N) is 1. The van der Waals surface area contributed by atoms with E-state index in [1.54, 1.807) is 6.92 Å². The molecule has 0 saturated carbocycles. The summed E-state index contributed by atoms with van der Waals surface area (Å²) in [6, 6.07) is 0. The Morgan fingerprint density at radius 3 is 2.67 bits per heavy atom. The van der Waals surface area contributed by atoms with E-state index in [1.807, 2.05) is 0 Å². The van der Waals surface area contributed by atoms with Crippen LogP contribution in [-0.4, -0.2) is 20.2 Å². The molecule has 0 aliphatic carbocycles. The molecule has 18 heavy (non-hydrogen) atoms. The van der Waals surface area contributed by atoms with Crippen molar-refractivity contribution in [2.45, 2.75) is 6.92 Å². The molecule has 0 spiro atoms. The van der Waals surface area contributed by atoms with Gasteiger partial charge in [0.1, 0.15) is 10.7 Å². The van der Waals surface area contributed by atoms with Gasteiger partial charge in [-0.2, -0.15) is 5.10 Å². The van der Waals surface area contributed by atoms with Crippen LogP contribution in [0.3, 0.4) is 0 Å². The average Bonchev–Trinajstić information content (AvgIpc) is 2.67. The van der Waals surface area contributed by atoms with Gasteiger partial charge in [-0.1, -0.05) is 11.6 Å². The molecule has 0 bridgehead atoms. The van der Waals surface area contributed by atoms with E-state index in [0.717, 1.165) is 0 Å². The number of nitrogens with zero attached hydrogens (tertiary/aromatic N) is 3. The van der Waals surface area contributed by atoms with Crippen molar-refractivity contribution in [3.63, 3.8) is 0 Å². The summed E-state index contributed by atoms with van der Waals surface area (Å²) in [6.45, 7) is 1.76. The van der Waals surface area contributed by atoms with Gasteiger partial charge in [0.25, 0.3) is 0 Å². The van der Waals surface area contributed by atoms with E-state index in [-0.39, 0.29) is 20.4 Å². The van der Waals surface area contributed by atoms with Crippen molar-refractivity contribution >= 4 is 60.9 Å². The van der Waals surface area contributed by atoms with Crippen LogP contribution in [0.4, 0.5) is 4.39 Å². The average molecular weight is 350 g/mol. The number of benzene rings is 1. The smallest absolute Gasteiger partial charge is 0.224 e. The minimum absolute atomic E-state index is 0.0584. The van der Waals surface area contributed by atoms with Crippen LogP contribution in [0, 0.1) is 12.7 Å². The standard InChI is InChI=1S/C10H4BrCl2FN4/c1-2-3-5(11)6(14)8-4(7(3)18-17-2)9(12)16-10(13)15-8/h1H3,(H,17,18). The minimum atomic E-state index is -0.534. The van der Waals surface area contributed by atoms with Crippen LogP contribution < -0.4 is 0 Å². The van der Waals surface area contributed by atoms with Crippen LogP contribution in [0.5, 0.6) is 0 Å². The first-order valence-corrected chi connectivity index (χ1v) is 6.40. The number of H-pyrrole nitrogens is 1. The Labute approximate surface area is 119 Å². The van der Waals surface area contributed by atoms with E-state index in [9.17, 15) is 4.39 Å². The molecule has 0 atom stereocenters. The Balaban J connectivity index is 2.70. The maximum absolute atomic E-state index is 14.2. The van der Waals surface area contributed by atoms with E-state index in [2.05, 4.69) is 36.1 Å². The molecule has 2 heterocycles. The number of aromatic nitrogens is 4. The highest BCUT2D eigenvalue weighted by molar-refractivity contribution is 9.10.